The Balaban J connectivity index is 1.27. The molecule has 1 saturated heterocycles. The van der Waals surface area contributed by atoms with Gasteiger partial charge < -0.3 is 34.7 Å². The minimum atomic E-state index is -1.13. The molecule has 0 spiro atoms. The van der Waals surface area contributed by atoms with Gasteiger partial charge in [-0.1, -0.05) is 37.5 Å². The molecule has 0 radical (unpaired) electrons. The van der Waals surface area contributed by atoms with Crippen molar-refractivity contribution in [1.82, 2.24) is 16.0 Å². The molecule has 1 aliphatic carbocycles. The number of methoxy groups -OCH3 is 1. The Bertz CT molecular complexity index is 1910. The first-order chi connectivity index (χ1) is 26.1. The number of nitrogens with one attached hydrogen (secondary N) is 3. The van der Waals surface area contributed by atoms with Crippen LogP contribution in [-0.2, 0) is 19.1 Å². The molecular formula is C40H47N5O9. The number of hydrogen-bond acceptors (Lipinski definition) is 9. The Kier molecular flexibility index (Phi) is 12.4. The minimum Gasteiger partial charge on any atom is -0.451 e. The number of carbonyl (C=O) groups excluding carboxylic acids is 5. The molecule has 14 nitrogen and oxygen atoms in total. The summed E-state index contributed by atoms with van der Waals surface area (Å²) in [6, 6.07) is 15.6. The van der Waals surface area contributed by atoms with Crippen molar-refractivity contribution >= 4 is 46.3 Å². The number of ether oxygens (including phenoxy) is 2. The maximum atomic E-state index is 14.4. The third-order valence-corrected chi connectivity index (χ3v) is 10.1. The van der Waals surface area contributed by atoms with Gasteiger partial charge in [-0.2, -0.15) is 0 Å². The van der Waals surface area contributed by atoms with E-state index in [1.807, 2.05) is 19.1 Å². The molecule has 14 heteroatoms. The fourth-order valence-electron chi connectivity index (χ4n) is 7.48. The van der Waals surface area contributed by atoms with E-state index in [2.05, 4.69) is 16.0 Å². The van der Waals surface area contributed by atoms with Crippen LogP contribution in [0.15, 0.2) is 75.6 Å². The SMILES string of the molecule is COCC(C)NC(=O)[C@@H](NC(=O)c1ccc(-c2ccc(N(C(=O)c3cc4ccccc4o3)[C@H](C(=O)NC(N)=O)C3CCOCC3)cc2)o1)C1CCCCC1. The number of amides is 6. The Morgan fingerprint density at radius 1 is 0.833 bits per heavy atom. The quantitative estimate of drug-likeness (QED) is 0.143. The van der Waals surface area contributed by atoms with E-state index in [0.717, 1.165) is 32.1 Å². The molecule has 1 unspecified atom stereocenters. The lowest BCUT2D eigenvalue weighted by Gasteiger charge is -2.37. The van der Waals surface area contributed by atoms with Crippen molar-refractivity contribution in [2.45, 2.75) is 70.0 Å². The molecule has 54 heavy (non-hydrogen) atoms. The number of rotatable bonds is 13. The first-order valence-electron chi connectivity index (χ1n) is 18.4. The highest BCUT2D eigenvalue weighted by molar-refractivity contribution is 6.11. The molecule has 6 amide bonds. The van der Waals surface area contributed by atoms with E-state index >= 15 is 0 Å². The van der Waals surface area contributed by atoms with Crippen LogP contribution in [0, 0.1) is 11.8 Å². The molecule has 1 saturated carbocycles. The number of anilines is 1. The van der Waals surface area contributed by atoms with Gasteiger partial charge in [0.05, 0.1) is 6.61 Å². The molecule has 2 aliphatic rings. The van der Waals surface area contributed by atoms with Gasteiger partial charge in [-0.15, -0.1) is 0 Å². The van der Waals surface area contributed by atoms with Crippen LogP contribution in [-0.4, -0.2) is 74.7 Å². The predicted octanol–water partition coefficient (Wildman–Crippen LogP) is 5.16. The second-order valence-corrected chi connectivity index (χ2v) is 14.0. The van der Waals surface area contributed by atoms with Crippen molar-refractivity contribution in [3.8, 4) is 11.3 Å². The van der Waals surface area contributed by atoms with Crippen molar-refractivity contribution in [2.24, 2.45) is 17.6 Å². The normalized spacial score (nSPS) is 16.9. The first kappa shape index (κ1) is 38.3. The van der Waals surface area contributed by atoms with Crippen LogP contribution < -0.4 is 26.6 Å². The van der Waals surface area contributed by atoms with Crippen molar-refractivity contribution in [3.63, 3.8) is 0 Å². The second kappa shape index (κ2) is 17.6. The number of hydrogen-bond donors (Lipinski definition) is 4. The number of nitrogens with zero attached hydrogens (tertiary/aromatic N) is 1. The number of carbonyl (C=O) groups is 5. The number of imide groups is 1. The van der Waals surface area contributed by atoms with Crippen molar-refractivity contribution in [3.05, 3.63) is 78.3 Å². The number of para-hydroxylation sites is 1. The van der Waals surface area contributed by atoms with E-state index in [0.29, 0.717) is 60.6 Å². The summed E-state index contributed by atoms with van der Waals surface area (Å²) in [5.74, 6) is -2.01. The maximum Gasteiger partial charge on any atom is 0.318 e. The molecule has 2 fully saturated rings. The van der Waals surface area contributed by atoms with E-state index in [-0.39, 0.29) is 35.3 Å². The predicted molar refractivity (Wildman–Crippen MR) is 200 cm³/mol. The van der Waals surface area contributed by atoms with Crippen LogP contribution in [0.25, 0.3) is 22.3 Å². The summed E-state index contributed by atoms with van der Waals surface area (Å²) in [5, 5.41) is 8.77. The Morgan fingerprint density at radius 3 is 2.24 bits per heavy atom. The molecule has 4 aromatic rings. The van der Waals surface area contributed by atoms with Gasteiger partial charge in [0.25, 0.3) is 17.7 Å². The summed E-state index contributed by atoms with van der Waals surface area (Å²) in [6.45, 7) is 2.95. The Hall–Kier alpha value is -5.47. The van der Waals surface area contributed by atoms with E-state index < -0.39 is 35.8 Å². The molecule has 5 N–H and O–H groups in total. The molecular weight excluding hydrogens is 694 g/mol. The average Bonchev–Trinajstić information content (AvgIpc) is 3.85. The third-order valence-electron chi connectivity index (χ3n) is 10.1. The standard InChI is InChI=1S/C40H47N5O9/c1-24(23-51-2)42-37(47)34(26-8-4-3-5-9-26)43-36(46)32-17-16-31(53-32)25-12-14-29(15-13-25)45(39(49)33-22-28-10-6-7-11-30(28)54-33)35(38(48)44-40(41)50)27-18-20-52-21-19-27/h6-7,10-17,22,24,26-27,34-35H,3-5,8-9,18-21,23H2,1-2H3,(H,42,47)(H,43,46)(H3,41,44,48,50)/t24?,34-,35-/m0/s1. The summed E-state index contributed by atoms with van der Waals surface area (Å²) in [7, 11) is 1.57. The van der Waals surface area contributed by atoms with Crippen molar-refractivity contribution in [1.29, 1.82) is 0 Å². The molecule has 2 aromatic carbocycles. The highest BCUT2D eigenvalue weighted by Crippen LogP contribution is 2.33. The zero-order valence-electron chi connectivity index (χ0n) is 30.5. The summed E-state index contributed by atoms with van der Waals surface area (Å²) in [4.78, 5) is 68.1. The average molecular weight is 742 g/mol. The number of urea groups is 1. The van der Waals surface area contributed by atoms with E-state index in [1.54, 1.807) is 61.7 Å². The van der Waals surface area contributed by atoms with Crippen LogP contribution in [0.4, 0.5) is 10.5 Å². The first-order valence-corrected chi connectivity index (χ1v) is 18.4. The topological polar surface area (TPSA) is 195 Å². The molecule has 6 rings (SSSR count). The van der Waals surface area contributed by atoms with Gasteiger partial charge in [0.15, 0.2) is 11.5 Å². The lowest BCUT2D eigenvalue weighted by Crippen LogP contribution is -2.56. The number of benzene rings is 2. The van der Waals surface area contributed by atoms with Gasteiger partial charge in [0.2, 0.25) is 5.91 Å². The third kappa shape index (κ3) is 9.00. The van der Waals surface area contributed by atoms with Gasteiger partial charge in [-0.05, 0) is 93.0 Å². The molecule has 3 heterocycles. The highest BCUT2D eigenvalue weighted by atomic mass is 16.5. The Morgan fingerprint density at radius 2 is 1.56 bits per heavy atom. The minimum absolute atomic E-state index is 0.000318. The number of furan rings is 2. The Labute approximate surface area is 313 Å². The lowest BCUT2D eigenvalue weighted by molar-refractivity contribution is -0.125. The molecule has 2 aromatic heterocycles. The smallest absolute Gasteiger partial charge is 0.318 e. The van der Waals surface area contributed by atoms with E-state index in [9.17, 15) is 24.0 Å². The van der Waals surface area contributed by atoms with Gasteiger partial charge >= 0.3 is 6.03 Å². The zero-order valence-corrected chi connectivity index (χ0v) is 30.5. The summed E-state index contributed by atoms with van der Waals surface area (Å²) in [6.07, 6.45) is 5.68. The van der Waals surface area contributed by atoms with Crippen LogP contribution in [0.5, 0.6) is 0 Å². The van der Waals surface area contributed by atoms with Gasteiger partial charge in [0, 0.05) is 43.0 Å². The van der Waals surface area contributed by atoms with Gasteiger partial charge in [-0.25, -0.2) is 4.79 Å². The van der Waals surface area contributed by atoms with E-state index in [1.165, 1.54) is 4.90 Å². The molecule has 3 atom stereocenters. The molecule has 286 valence electrons. The van der Waals surface area contributed by atoms with Crippen molar-refractivity contribution in [2.75, 3.05) is 31.8 Å². The van der Waals surface area contributed by atoms with Crippen molar-refractivity contribution < 1.29 is 42.3 Å². The fourth-order valence-corrected chi connectivity index (χ4v) is 7.48. The number of fused-ring (bicyclic) bond motifs is 1. The monoisotopic (exact) mass is 741 g/mol. The van der Waals surface area contributed by atoms with E-state index in [4.69, 9.17) is 24.0 Å². The number of primary amides is 1. The van der Waals surface area contributed by atoms with Crippen LogP contribution >= 0.6 is 0 Å². The maximum absolute atomic E-state index is 14.4. The van der Waals surface area contributed by atoms with Gasteiger partial charge in [0.1, 0.15) is 23.4 Å². The number of nitrogens with two attached hydrogens (primary N) is 1. The summed E-state index contributed by atoms with van der Waals surface area (Å²) in [5.41, 5.74) is 6.82. The molecule has 1 aliphatic heterocycles. The zero-order chi connectivity index (χ0) is 38.2. The highest BCUT2D eigenvalue weighted by Gasteiger charge is 2.40. The van der Waals surface area contributed by atoms with Gasteiger partial charge in [-0.3, -0.25) is 29.4 Å². The van der Waals surface area contributed by atoms with Crippen LogP contribution in [0.2, 0.25) is 0 Å². The summed E-state index contributed by atoms with van der Waals surface area (Å²) >= 11 is 0. The largest absolute Gasteiger partial charge is 0.451 e. The summed E-state index contributed by atoms with van der Waals surface area (Å²) < 4.78 is 22.7. The van der Waals surface area contributed by atoms with Crippen LogP contribution in [0.1, 0.15) is 73.0 Å². The fraction of sp³-hybridized carbons (Fsp3) is 0.425. The lowest BCUT2D eigenvalue weighted by atomic mass is 9.83. The second-order valence-electron chi connectivity index (χ2n) is 14.0. The molecule has 0 bridgehead atoms. The van der Waals surface area contributed by atoms with Crippen LogP contribution in [0.3, 0.4) is 0 Å².